The summed E-state index contributed by atoms with van der Waals surface area (Å²) < 4.78 is 11.1. The van der Waals surface area contributed by atoms with Crippen molar-refractivity contribution in [2.45, 2.75) is 25.7 Å². The lowest BCUT2D eigenvalue weighted by Crippen LogP contribution is -2.38. The highest BCUT2D eigenvalue weighted by Crippen LogP contribution is 2.48. The molecule has 0 aliphatic heterocycles. The highest BCUT2D eigenvalue weighted by molar-refractivity contribution is 7.53. The third kappa shape index (κ3) is 3.24. The van der Waals surface area contributed by atoms with E-state index < -0.39 is 12.9 Å². The number of nitrogens with one attached hydrogen (secondary N) is 1. The summed E-state index contributed by atoms with van der Waals surface area (Å²) in [6.45, 7) is 3.14. The molecule has 1 rings (SSSR count). The molecule has 0 atom stereocenters. The molecule has 0 radical (unpaired) electrons. The third-order valence-corrected chi connectivity index (χ3v) is 3.79. The second kappa shape index (κ2) is 4.47. The van der Waals surface area contributed by atoms with Crippen LogP contribution in [-0.4, -0.2) is 25.0 Å². The first kappa shape index (κ1) is 13.1. The largest absolute Gasteiger partial charge is 0.368 e. The molecular weight excluding hydrogens is 231 g/mol. The Morgan fingerprint density at radius 3 is 2.38 bits per heavy atom. The van der Waals surface area contributed by atoms with Crippen molar-refractivity contribution >= 4 is 13.5 Å². The van der Waals surface area contributed by atoms with E-state index in [2.05, 4.69) is 15.3 Å². The van der Waals surface area contributed by atoms with Gasteiger partial charge in [0.15, 0.2) is 0 Å². The van der Waals surface area contributed by atoms with Crippen molar-refractivity contribution in [2.24, 2.45) is 0 Å². The third-order valence-electron chi connectivity index (χ3n) is 2.18. The molecule has 0 saturated carbocycles. The molecule has 0 aromatic carbocycles. The average Bonchev–Trinajstić information content (AvgIpc) is 2.15. The molecule has 0 fully saturated rings. The molecule has 0 aliphatic carbocycles. The summed E-state index contributed by atoms with van der Waals surface area (Å²) in [7, 11) is -4.19. The van der Waals surface area contributed by atoms with Crippen LogP contribution in [0, 0.1) is 0 Å². The van der Waals surface area contributed by atoms with Gasteiger partial charge < -0.3 is 15.5 Å². The van der Waals surface area contributed by atoms with E-state index in [0.717, 1.165) is 0 Å². The molecule has 0 saturated heterocycles. The van der Waals surface area contributed by atoms with Crippen LogP contribution in [0.1, 0.15) is 19.4 Å². The topological polar surface area (TPSA) is 121 Å². The first-order chi connectivity index (χ1) is 7.22. The van der Waals surface area contributed by atoms with Crippen LogP contribution >= 0.6 is 7.60 Å². The van der Waals surface area contributed by atoms with Crippen molar-refractivity contribution in [1.29, 1.82) is 0 Å². The van der Waals surface area contributed by atoms with Gasteiger partial charge in [-0.1, -0.05) is 0 Å². The molecule has 1 aromatic rings. The lowest BCUT2D eigenvalue weighted by molar-refractivity contribution is 0.314. The summed E-state index contributed by atoms with van der Waals surface area (Å²) in [4.78, 5) is 25.7. The van der Waals surface area contributed by atoms with E-state index in [4.69, 9.17) is 15.5 Å². The monoisotopic (exact) mass is 246 g/mol. The summed E-state index contributed by atoms with van der Waals surface area (Å²) in [5.74, 6) is 0.165. The van der Waals surface area contributed by atoms with Crippen LogP contribution in [0.2, 0.25) is 0 Å². The number of hydrogen-bond acceptors (Lipinski definition) is 5. The fraction of sp³-hybridized carbons (Fsp3) is 0.500. The summed E-state index contributed by atoms with van der Waals surface area (Å²) in [6.07, 6.45) is 3.01. The number of hydrogen-bond donors (Lipinski definition) is 4. The van der Waals surface area contributed by atoms with Crippen molar-refractivity contribution in [3.8, 4) is 0 Å². The van der Waals surface area contributed by atoms with Crippen LogP contribution in [0.3, 0.4) is 0 Å². The summed E-state index contributed by atoms with van der Waals surface area (Å²) >= 11 is 0. The Kier molecular flexibility index (Phi) is 3.64. The van der Waals surface area contributed by atoms with Crippen molar-refractivity contribution in [3.63, 3.8) is 0 Å². The summed E-state index contributed by atoms with van der Waals surface area (Å²) in [5.41, 5.74) is 6.02. The van der Waals surface area contributed by atoms with Crippen LogP contribution in [0.25, 0.3) is 0 Å². The number of rotatable bonds is 4. The summed E-state index contributed by atoms with van der Waals surface area (Å²) in [6, 6.07) is 0. The van der Waals surface area contributed by atoms with E-state index >= 15 is 0 Å². The smallest absolute Gasteiger partial charge is 0.344 e. The van der Waals surface area contributed by atoms with Crippen LogP contribution in [0.4, 0.5) is 5.95 Å². The molecule has 16 heavy (non-hydrogen) atoms. The van der Waals surface area contributed by atoms with Crippen LogP contribution in [0.15, 0.2) is 12.4 Å². The average molecular weight is 246 g/mol. The van der Waals surface area contributed by atoms with Gasteiger partial charge in [-0.05, 0) is 13.8 Å². The standard InChI is InChI=1S/C8H15N4O3P/c1-8(2,16(13,14)15)12-5-6-3-10-7(9)11-4-6/h3-4,12H,5H2,1-2H3,(H2,9,10,11)(H2,13,14,15). The number of nitrogen functional groups attached to an aromatic ring is 1. The maximum Gasteiger partial charge on any atom is 0.344 e. The van der Waals surface area contributed by atoms with Gasteiger partial charge >= 0.3 is 7.60 Å². The minimum Gasteiger partial charge on any atom is -0.368 e. The van der Waals surface area contributed by atoms with Gasteiger partial charge in [0, 0.05) is 24.5 Å². The molecule has 7 nitrogen and oxygen atoms in total. The second-order valence-corrected chi connectivity index (χ2v) is 6.11. The van der Waals surface area contributed by atoms with E-state index in [9.17, 15) is 4.57 Å². The van der Waals surface area contributed by atoms with E-state index in [-0.39, 0.29) is 12.5 Å². The lowest BCUT2D eigenvalue weighted by Gasteiger charge is -2.27. The quantitative estimate of drug-likeness (QED) is 0.554. The zero-order valence-electron chi connectivity index (χ0n) is 9.08. The molecule has 0 amide bonds. The molecule has 1 heterocycles. The van der Waals surface area contributed by atoms with Gasteiger partial charge in [-0.2, -0.15) is 0 Å². The van der Waals surface area contributed by atoms with Crippen molar-refractivity contribution < 1.29 is 14.4 Å². The maximum atomic E-state index is 11.1. The first-order valence-corrected chi connectivity index (χ1v) is 6.21. The fourth-order valence-corrected chi connectivity index (χ4v) is 1.16. The Morgan fingerprint density at radius 2 is 1.94 bits per heavy atom. The highest BCUT2D eigenvalue weighted by Gasteiger charge is 2.36. The van der Waals surface area contributed by atoms with Gasteiger partial charge in [-0.25, -0.2) is 9.97 Å². The molecule has 0 spiro atoms. The Labute approximate surface area is 93.3 Å². The Morgan fingerprint density at radius 1 is 1.44 bits per heavy atom. The number of nitrogens with zero attached hydrogens (tertiary/aromatic N) is 2. The molecule has 5 N–H and O–H groups in total. The van der Waals surface area contributed by atoms with E-state index in [0.29, 0.717) is 5.56 Å². The molecule has 0 unspecified atom stereocenters. The second-order valence-electron chi connectivity index (χ2n) is 3.91. The molecular formula is C8H15N4O3P. The minimum absolute atomic E-state index is 0.165. The normalized spacial score (nSPS) is 12.8. The Hall–Kier alpha value is -1.01. The van der Waals surface area contributed by atoms with Crippen LogP contribution < -0.4 is 11.1 Å². The maximum absolute atomic E-state index is 11.1. The molecule has 1 aromatic heterocycles. The Bertz CT molecular complexity index is 400. The molecule has 0 bridgehead atoms. The van der Waals surface area contributed by atoms with Gasteiger partial charge in [0.1, 0.15) is 5.28 Å². The molecule has 8 heteroatoms. The zero-order valence-corrected chi connectivity index (χ0v) is 9.98. The van der Waals surface area contributed by atoms with Gasteiger partial charge in [0.05, 0.1) is 0 Å². The van der Waals surface area contributed by atoms with Crippen LogP contribution in [-0.2, 0) is 11.1 Å². The number of aromatic nitrogens is 2. The van der Waals surface area contributed by atoms with Crippen molar-refractivity contribution in [3.05, 3.63) is 18.0 Å². The fourth-order valence-electron chi connectivity index (χ4n) is 0.877. The minimum atomic E-state index is -4.19. The number of nitrogens with two attached hydrogens (primary N) is 1. The SMILES string of the molecule is CC(C)(NCc1cnc(N)nc1)P(=O)(O)O. The van der Waals surface area contributed by atoms with Gasteiger partial charge in [-0.15, -0.1) is 0 Å². The molecule has 0 aliphatic rings. The van der Waals surface area contributed by atoms with E-state index in [1.165, 1.54) is 26.2 Å². The molecule has 90 valence electrons. The van der Waals surface area contributed by atoms with Gasteiger partial charge in [0.25, 0.3) is 0 Å². The lowest BCUT2D eigenvalue weighted by atomic mass is 10.3. The van der Waals surface area contributed by atoms with Crippen molar-refractivity contribution in [2.75, 3.05) is 5.73 Å². The van der Waals surface area contributed by atoms with Crippen molar-refractivity contribution in [1.82, 2.24) is 15.3 Å². The summed E-state index contributed by atoms with van der Waals surface area (Å²) in [5, 5.41) is 1.47. The van der Waals surface area contributed by atoms with Gasteiger partial charge in [-0.3, -0.25) is 9.88 Å². The Balaban J connectivity index is 2.65. The van der Waals surface area contributed by atoms with E-state index in [1.54, 1.807) is 0 Å². The highest BCUT2D eigenvalue weighted by atomic mass is 31.2. The van der Waals surface area contributed by atoms with Gasteiger partial charge in [0.2, 0.25) is 5.95 Å². The predicted molar refractivity (Wildman–Crippen MR) is 59.4 cm³/mol. The first-order valence-electron chi connectivity index (χ1n) is 4.59. The van der Waals surface area contributed by atoms with E-state index in [1.807, 2.05) is 0 Å². The van der Waals surface area contributed by atoms with Crippen LogP contribution in [0.5, 0.6) is 0 Å². The number of anilines is 1. The zero-order chi connectivity index (χ0) is 12.4. The predicted octanol–water partition coefficient (Wildman–Crippen LogP) is 0.0622.